The fourth-order valence-corrected chi connectivity index (χ4v) is 3.56. The first-order chi connectivity index (χ1) is 11.2. The van der Waals surface area contributed by atoms with E-state index in [-0.39, 0.29) is 5.56 Å². The van der Waals surface area contributed by atoms with Gasteiger partial charge in [-0.25, -0.2) is 4.98 Å². The first kappa shape index (κ1) is 13.1. The minimum Gasteiger partial charge on any atom is -0.385 e. The fraction of sp³-hybridized carbons (Fsp3) is 0.333. The maximum atomic E-state index is 11.9. The van der Waals surface area contributed by atoms with E-state index in [1.54, 1.807) is 6.20 Å². The topological polar surface area (TPSA) is 70.9 Å². The second-order valence-corrected chi connectivity index (χ2v) is 6.58. The first-order valence-corrected chi connectivity index (χ1v) is 8.12. The van der Waals surface area contributed by atoms with Crippen LogP contribution in [-0.4, -0.2) is 19.6 Å². The Morgan fingerprint density at radius 1 is 1.17 bits per heavy atom. The van der Waals surface area contributed by atoms with Crippen molar-refractivity contribution in [1.82, 2.24) is 14.5 Å². The van der Waals surface area contributed by atoms with Crippen LogP contribution in [0.1, 0.15) is 42.7 Å². The normalized spacial score (nSPS) is 20.1. The number of hydrogen-bond donors (Lipinski definition) is 2. The summed E-state index contributed by atoms with van der Waals surface area (Å²) in [6.07, 6.45) is 4.28. The third kappa shape index (κ3) is 1.96. The monoisotopic (exact) mass is 307 g/mol. The number of rotatable bonds is 2. The van der Waals surface area contributed by atoms with Gasteiger partial charge in [0.2, 0.25) is 0 Å². The minimum atomic E-state index is -0.458. The third-order valence-electron chi connectivity index (χ3n) is 4.98. The smallest absolute Gasteiger partial charge is 0.251 e. The van der Waals surface area contributed by atoms with E-state index in [9.17, 15) is 9.90 Å². The number of aliphatic hydroxyl groups excluding tert-OH is 1. The van der Waals surface area contributed by atoms with Gasteiger partial charge >= 0.3 is 0 Å². The summed E-state index contributed by atoms with van der Waals surface area (Å²) in [6.45, 7) is 0.801. The SMILES string of the molecule is O=c1[nH]cc(-c2ccc3nc4n(c3c2)CC[C@H]4O)cc1C1CC1. The number of nitrogens with zero attached hydrogens (tertiary/aromatic N) is 2. The van der Waals surface area contributed by atoms with Crippen molar-refractivity contribution in [1.29, 1.82) is 0 Å². The van der Waals surface area contributed by atoms with Crippen LogP contribution < -0.4 is 5.56 Å². The van der Waals surface area contributed by atoms with Gasteiger partial charge in [-0.1, -0.05) is 6.07 Å². The van der Waals surface area contributed by atoms with Gasteiger partial charge in [0.15, 0.2) is 0 Å². The zero-order valence-corrected chi connectivity index (χ0v) is 12.6. The molecule has 0 amide bonds. The van der Waals surface area contributed by atoms with Crippen molar-refractivity contribution in [3.63, 3.8) is 0 Å². The molecule has 1 saturated carbocycles. The van der Waals surface area contributed by atoms with Gasteiger partial charge in [-0.3, -0.25) is 4.79 Å². The number of aromatic amines is 1. The van der Waals surface area contributed by atoms with Crippen molar-refractivity contribution in [3.8, 4) is 11.1 Å². The molecule has 0 radical (unpaired) electrons. The minimum absolute atomic E-state index is 0.0331. The number of imidazole rings is 1. The molecule has 0 bridgehead atoms. The summed E-state index contributed by atoms with van der Waals surface area (Å²) in [5, 5.41) is 9.98. The highest BCUT2D eigenvalue weighted by Gasteiger charge is 2.27. The average molecular weight is 307 g/mol. The Kier molecular flexibility index (Phi) is 2.59. The van der Waals surface area contributed by atoms with Gasteiger partial charge in [-0.05, 0) is 54.5 Å². The van der Waals surface area contributed by atoms with Crippen molar-refractivity contribution in [3.05, 3.63) is 52.2 Å². The molecule has 2 aromatic heterocycles. The summed E-state index contributed by atoms with van der Waals surface area (Å²) >= 11 is 0. The van der Waals surface area contributed by atoms with E-state index in [1.165, 1.54) is 0 Å². The molecule has 1 fully saturated rings. The predicted octanol–water partition coefficient (Wildman–Crippen LogP) is 2.71. The van der Waals surface area contributed by atoms with E-state index in [4.69, 9.17) is 0 Å². The summed E-state index contributed by atoms with van der Waals surface area (Å²) < 4.78 is 2.09. The zero-order chi connectivity index (χ0) is 15.6. The number of aromatic nitrogens is 3. The number of nitrogens with one attached hydrogen (secondary N) is 1. The van der Waals surface area contributed by atoms with Gasteiger partial charge in [-0.15, -0.1) is 0 Å². The lowest BCUT2D eigenvalue weighted by molar-refractivity contribution is 0.176. The molecule has 3 aromatic rings. The summed E-state index contributed by atoms with van der Waals surface area (Å²) in [4.78, 5) is 19.4. The molecule has 1 aliphatic heterocycles. The van der Waals surface area contributed by atoms with Crippen LogP contribution in [0.3, 0.4) is 0 Å². The van der Waals surface area contributed by atoms with Gasteiger partial charge < -0.3 is 14.7 Å². The van der Waals surface area contributed by atoms with Crippen LogP contribution in [0.25, 0.3) is 22.2 Å². The van der Waals surface area contributed by atoms with Crippen LogP contribution in [0.15, 0.2) is 35.3 Å². The number of fused-ring (bicyclic) bond motifs is 3. The quantitative estimate of drug-likeness (QED) is 0.764. The highest BCUT2D eigenvalue weighted by Crippen LogP contribution is 2.39. The molecule has 1 aromatic carbocycles. The largest absolute Gasteiger partial charge is 0.385 e. The van der Waals surface area contributed by atoms with E-state index in [0.29, 0.717) is 5.92 Å². The van der Waals surface area contributed by atoms with Crippen LogP contribution in [0.4, 0.5) is 0 Å². The van der Waals surface area contributed by atoms with Gasteiger partial charge in [0.05, 0.1) is 11.0 Å². The van der Waals surface area contributed by atoms with Crippen molar-refractivity contribution in [2.24, 2.45) is 0 Å². The Balaban J connectivity index is 1.66. The van der Waals surface area contributed by atoms with E-state index in [1.807, 2.05) is 18.2 Å². The average Bonchev–Trinajstić information content (AvgIpc) is 3.25. The number of H-pyrrole nitrogens is 1. The highest BCUT2D eigenvalue weighted by molar-refractivity contribution is 5.83. The molecule has 5 nitrogen and oxygen atoms in total. The molecule has 116 valence electrons. The number of aliphatic hydroxyl groups is 1. The number of hydrogen-bond acceptors (Lipinski definition) is 3. The Morgan fingerprint density at radius 2 is 2.04 bits per heavy atom. The molecule has 0 saturated heterocycles. The fourth-order valence-electron chi connectivity index (χ4n) is 3.56. The van der Waals surface area contributed by atoms with E-state index < -0.39 is 6.10 Å². The van der Waals surface area contributed by atoms with Crippen molar-refractivity contribution < 1.29 is 5.11 Å². The molecule has 5 rings (SSSR count). The van der Waals surface area contributed by atoms with Gasteiger partial charge in [0, 0.05) is 18.3 Å². The lowest BCUT2D eigenvalue weighted by Gasteiger charge is -2.06. The number of pyridine rings is 1. The number of aryl methyl sites for hydroxylation is 1. The van der Waals surface area contributed by atoms with Gasteiger partial charge in [0.1, 0.15) is 11.9 Å². The van der Waals surface area contributed by atoms with Crippen molar-refractivity contribution in [2.45, 2.75) is 37.8 Å². The molecule has 23 heavy (non-hydrogen) atoms. The second-order valence-electron chi connectivity index (χ2n) is 6.58. The maximum absolute atomic E-state index is 11.9. The standard InChI is InChI=1S/C18H17N3O2/c22-16-5-6-21-15-8-11(3-4-14(15)20-17(16)21)12-7-13(10-1-2-10)18(23)19-9-12/h3-4,7-10,16,22H,1-2,5-6H2,(H,19,23)/t16-/m1/s1. The Labute approximate surface area is 132 Å². The molecule has 1 aliphatic carbocycles. The molecular weight excluding hydrogens is 290 g/mol. The molecule has 2 N–H and O–H groups in total. The zero-order valence-electron chi connectivity index (χ0n) is 12.6. The Hall–Kier alpha value is -2.40. The van der Waals surface area contributed by atoms with Crippen molar-refractivity contribution >= 4 is 11.0 Å². The molecular formula is C18H17N3O2. The van der Waals surface area contributed by atoms with E-state index in [0.717, 1.165) is 59.4 Å². The molecule has 3 heterocycles. The lowest BCUT2D eigenvalue weighted by atomic mass is 10.0. The number of benzene rings is 1. The Morgan fingerprint density at radius 3 is 2.87 bits per heavy atom. The van der Waals surface area contributed by atoms with Crippen LogP contribution in [0, 0.1) is 0 Å². The molecule has 1 atom stereocenters. The second kappa shape index (κ2) is 4.55. The van der Waals surface area contributed by atoms with Crippen LogP contribution >= 0.6 is 0 Å². The molecule has 0 spiro atoms. The third-order valence-corrected chi connectivity index (χ3v) is 4.98. The van der Waals surface area contributed by atoms with Crippen LogP contribution in [-0.2, 0) is 6.54 Å². The summed E-state index contributed by atoms with van der Waals surface area (Å²) in [6, 6.07) is 8.15. The molecule has 5 heteroatoms. The summed E-state index contributed by atoms with van der Waals surface area (Å²) in [5.41, 5.74) is 4.99. The van der Waals surface area contributed by atoms with Crippen LogP contribution in [0.5, 0.6) is 0 Å². The summed E-state index contributed by atoms with van der Waals surface area (Å²) in [5.74, 6) is 1.19. The first-order valence-electron chi connectivity index (χ1n) is 8.12. The highest BCUT2D eigenvalue weighted by atomic mass is 16.3. The maximum Gasteiger partial charge on any atom is 0.251 e. The lowest BCUT2D eigenvalue weighted by Crippen LogP contribution is -2.10. The van der Waals surface area contributed by atoms with Gasteiger partial charge in [0.25, 0.3) is 5.56 Å². The van der Waals surface area contributed by atoms with E-state index >= 15 is 0 Å². The summed E-state index contributed by atoms with van der Waals surface area (Å²) in [7, 11) is 0. The molecule has 2 aliphatic rings. The van der Waals surface area contributed by atoms with Crippen LogP contribution in [0.2, 0.25) is 0 Å². The van der Waals surface area contributed by atoms with Gasteiger partial charge in [-0.2, -0.15) is 0 Å². The van der Waals surface area contributed by atoms with E-state index in [2.05, 4.69) is 20.6 Å². The Bertz CT molecular complexity index is 982. The van der Waals surface area contributed by atoms with Crippen molar-refractivity contribution in [2.75, 3.05) is 0 Å². The predicted molar refractivity (Wildman–Crippen MR) is 87.3 cm³/mol. The molecule has 0 unspecified atom stereocenters.